The molecule has 108 valence electrons. The Labute approximate surface area is 121 Å². The summed E-state index contributed by atoms with van der Waals surface area (Å²) in [6.45, 7) is 4.48. The maximum atomic E-state index is 5.49. The molecule has 7 heteroatoms. The zero-order chi connectivity index (χ0) is 14.2. The summed E-state index contributed by atoms with van der Waals surface area (Å²) in [7, 11) is 0. The van der Waals surface area contributed by atoms with Gasteiger partial charge in [0.05, 0.1) is 31.6 Å². The Bertz CT molecular complexity index is 750. The first-order chi connectivity index (χ1) is 10.3. The lowest BCUT2D eigenvalue weighted by molar-refractivity contribution is 0.0985. The van der Waals surface area contributed by atoms with Crippen molar-refractivity contribution in [2.24, 2.45) is 0 Å². The molecule has 1 fully saturated rings. The Morgan fingerprint density at radius 2 is 2.29 bits per heavy atom. The fourth-order valence-electron chi connectivity index (χ4n) is 2.66. The topological polar surface area (TPSA) is 71.9 Å². The van der Waals surface area contributed by atoms with Crippen molar-refractivity contribution in [1.82, 2.24) is 25.0 Å². The number of hydrogen-bond donors (Lipinski definition) is 1. The van der Waals surface area contributed by atoms with Gasteiger partial charge in [-0.25, -0.2) is 4.98 Å². The minimum absolute atomic E-state index is 0.326. The van der Waals surface area contributed by atoms with Crippen LogP contribution in [-0.4, -0.2) is 50.8 Å². The van der Waals surface area contributed by atoms with Crippen molar-refractivity contribution in [2.45, 2.75) is 13.0 Å². The van der Waals surface area contributed by atoms with Crippen LogP contribution in [0.15, 0.2) is 30.6 Å². The smallest absolute Gasteiger partial charge is 0.166 e. The Morgan fingerprint density at radius 1 is 1.33 bits per heavy atom. The van der Waals surface area contributed by atoms with Crippen LogP contribution in [0.25, 0.3) is 16.9 Å². The van der Waals surface area contributed by atoms with Gasteiger partial charge in [0.2, 0.25) is 0 Å². The Balaban J connectivity index is 1.80. The fraction of sp³-hybridized carbons (Fsp3) is 0.357. The molecule has 1 saturated heterocycles. The second kappa shape index (κ2) is 4.85. The van der Waals surface area contributed by atoms with E-state index in [-0.39, 0.29) is 0 Å². The molecule has 4 heterocycles. The van der Waals surface area contributed by atoms with Gasteiger partial charge in [-0.1, -0.05) is 0 Å². The molecular formula is C14H16N6O. The fourth-order valence-corrected chi connectivity index (χ4v) is 2.66. The molecule has 1 N–H and O–H groups in total. The standard InChI is InChI=1S/C14H16N6O/c1-10-9-21-7-6-19(10)12-3-2-11-8-16-20(14(11)17-12)13-4-5-15-18-13/h2-5,8,10H,6-7,9H2,1H3,(H,15,18). The first-order valence-electron chi connectivity index (χ1n) is 7.02. The predicted octanol–water partition coefficient (Wildman–Crippen LogP) is 1.37. The van der Waals surface area contributed by atoms with Gasteiger partial charge in [-0.2, -0.15) is 14.9 Å². The molecule has 4 rings (SSSR count). The highest BCUT2D eigenvalue weighted by Gasteiger charge is 2.21. The molecule has 0 aromatic carbocycles. The Morgan fingerprint density at radius 3 is 3.10 bits per heavy atom. The number of nitrogens with one attached hydrogen (secondary N) is 1. The van der Waals surface area contributed by atoms with Gasteiger partial charge in [0.15, 0.2) is 11.5 Å². The van der Waals surface area contributed by atoms with Crippen LogP contribution in [0.4, 0.5) is 5.82 Å². The monoisotopic (exact) mass is 284 g/mol. The Hall–Kier alpha value is -2.41. The number of anilines is 1. The molecule has 3 aromatic heterocycles. The normalized spacial score (nSPS) is 19.3. The number of aromatic amines is 1. The second-order valence-corrected chi connectivity index (χ2v) is 5.20. The highest BCUT2D eigenvalue weighted by molar-refractivity contribution is 5.78. The van der Waals surface area contributed by atoms with E-state index in [2.05, 4.69) is 33.2 Å². The number of hydrogen-bond acceptors (Lipinski definition) is 5. The summed E-state index contributed by atoms with van der Waals surface area (Å²) >= 11 is 0. The van der Waals surface area contributed by atoms with Gasteiger partial charge in [-0.3, -0.25) is 5.10 Å². The van der Waals surface area contributed by atoms with Gasteiger partial charge in [-0.15, -0.1) is 0 Å². The molecule has 0 bridgehead atoms. The van der Waals surface area contributed by atoms with E-state index in [4.69, 9.17) is 9.72 Å². The number of aromatic nitrogens is 5. The number of nitrogens with zero attached hydrogens (tertiary/aromatic N) is 5. The molecule has 1 atom stereocenters. The van der Waals surface area contributed by atoms with Crippen molar-refractivity contribution in [3.05, 3.63) is 30.6 Å². The Kier molecular flexibility index (Phi) is 2.85. The first-order valence-corrected chi connectivity index (χ1v) is 7.02. The molecule has 7 nitrogen and oxygen atoms in total. The van der Waals surface area contributed by atoms with Crippen molar-refractivity contribution in [3.8, 4) is 5.82 Å². The van der Waals surface area contributed by atoms with Crippen LogP contribution in [0.1, 0.15) is 6.92 Å². The zero-order valence-electron chi connectivity index (χ0n) is 11.7. The summed E-state index contributed by atoms with van der Waals surface area (Å²) in [5, 5.41) is 12.3. The lowest BCUT2D eigenvalue weighted by Crippen LogP contribution is -2.44. The summed E-state index contributed by atoms with van der Waals surface area (Å²) < 4.78 is 7.26. The molecule has 0 saturated carbocycles. The van der Waals surface area contributed by atoms with Gasteiger partial charge in [-0.05, 0) is 19.1 Å². The van der Waals surface area contributed by atoms with Crippen molar-refractivity contribution < 1.29 is 4.74 Å². The quantitative estimate of drug-likeness (QED) is 0.769. The van der Waals surface area contributed by atoms with Crippen LogP contribution in [0, 0.1) is 0 Å². The molecule has 3 aromatic rings. The largest absolute Gasteiger partial charge is 0.377 e. The molecule has 0 amide bonds. The summed E-state index contributed by atoms with van der Waals surface area (Å²) in [4.78, 5) is 7.06. The van der Waals surface area contributed by atoms with Gasteiger partial charge in [0.1, 0.15) is 5.82 Å². The van der Waals surface area contributed by atoms with E-state index in [1.807, 2.05) is 18.3 Å². The average Bonchev–Trinajstić information content (AvgIpc) is 3.16. The van der Waals surface area contributed by atoms with Crippen molar-refractivity contribution in [3.63, 3.8) is 0 Å². The van der Waals surface area contributed by atoms with Gasteiger partial charge in [0.25, 0.3) is 0 Å². The molecule has 1 aliphatic rings. The van der Waals surface area contributed by atoms with E-state index in [9.17, 15) is 0 Å². The van der Waals surface area contributed by atoms with Gasteiger partial charge < -0.3 is 9.64 Å². The predicted molar refractivity (Wildman–Crippen MR) is 78.6 cm³/mol. The molecule has 0 radical (unpaired) electrons. The molecule has 1 unspecified atom stereocenters. The van der Waals surface area contributed by atoms with E-state index in [0.29, 0.717) is 6.04 Å². The average molecular weight is 284 g/mol. The van der Waals surface area contributed by atoms with Gasteiger partial charge in [0, 0.05) is 18.0 Å². The number of ether oxygens (including phenoxy) is 1. The van der Waals surface area contributed by atoms with E-state index >= 15 is 0 Å². The van der Waals surface area contributed by atoms with Gasteiger partial charge >= 0.3 is 0 Å². The highest BCUT2D eigenvalue weighted by Crippen LogP contribution is 2.22. The molecule has 21 heavy (non-hydrogen) atoms. The molecule has 0 aliphatic carbocycles. The first kappa shape index (κ1) is 12.3. The van der Waals surface area contributed by atoms with E-state index in [0.717, 1.165) is 42.4 Å². The van der Waals surface area contributed by atoms with Crippen LogP contribution in [-0.2, 0) is 4.74 Å². The summed E-state index contributed by atoms with van der Waals surface area (Å²) in [5.74, 6) is 1.77. The summed E-state index contributed by atoms with van der Waals surface area (Å²) in [6.07, 6.45) is 3.52. The van der Waals surface area contributed by atoms with Crippen LogP contribution in [0.5, 0.6) is 0 Å². The maximum Gasteiger partial charge on any atom is 0.166 e. The summed E-state index contributed by atoms with van der Waals surface area (Å²) in [6, 6.07) is 6.30. The van der Waals surface area contributed by atoms with Crippen LogP contribution < -0.4 is 4.90 Å². The third-order valence-corrected chi connectivity index (χ3v) is 3.78. The van der Waals surface area contributed by atoms with Crippen LogP contribution in [0.3, 0.4) is 0 Å². The zero-order valence-corrected chi connectivity index (χ0v) is 11.7. The maximum absolute atomic E-state index is 5.49. The third kappa shape index (κ3) is 2.06. The minimum atomic E-state index is 0.326. The number of pyridine rings is 1. The number of morpholine rings is 1. The lowest BCUT2D eigenvalue weighted by Gasteiger charge is -2.34. The van der Waals surface area contributed by atoms with E-state index in [1.54, 1.807) is 10.9 Å². The molecule has 0 spiro atoms. The molecular weight excluding hydrogens is 268 g/mol. The number of H-pyrrole nitrogens is 1. The van der Waals surface area contributed by atoms with Crippen LogP contribution >= 0.6 is 0 Å². The van der Waals surface area contributed by atoms with E-state index < -0.39 is 0 Å². The SMILES string of the molecule is CC1COCCN1c1ccc2cnn(-c3ccn[nH]3)c2n1. The minimum Gasteiger partial charge on any atom is -0.377 e. The van der Waals surface area contributed by atoms with E-state index in [1.165, 1.54) is 0 Å². The second-order valence-electron chi connectivity index (χ2n) is 5.20. The molecule has 1 aliphatic heterocycles. The summed E-state index contributed by atoms with van der Waals surface area (Å²) in [5.41, 5.74) is 0.829. The van der Waals surface area contributed by atoms with Crippen molar-refractivity contribution >= 4 is 16.9 Å². The van der Waals surface area contributed by atoms with Crippen molar-refractivity contribution in [1.29, 1.82) is 0 Å². The van der Waals surface area contributed by atoms with Crippen LogP contribution in [0.2, 0.25) is 0 Å². The third-order valence-electron chi connectivity index (χ3n) is 3.78. The number of fused-ring (bicyclic) bond motifs is 1. The highest BCUT2D eigenvalue weighted by atomic mass is 16.5. The lowest BCUT2D eigenvalue weighted by atomic mass is 10.2. The number of rotatable bonds is 2. The van der Waals surface area contributed by atoms with Crippen molar-refractivity contribution in [2.75, 3.05) is 24.7 Å².